The zero-order chi connectivity index (χ0) is 38.2. The highest BCUT2D eigenvalue weighted by molar-refractivity contribution is 8.00. The van der Waals surface area contributed by atoms with Crippen LogP contribution in [0.5, 0.6) is 11.8 Å². The Morgan fingerprint density at radius 2 is 1.73 bits per heavy atom. The number of halogens is 5. The molecule has 0 radical (unpaired) electrons. The predicted octanol–water partition coefficient (Wildman–Crippen LogP) is 4.21. The molecule has 1 aliphatic heterocycles. The number of carbonyl (C=O) groups is 2. The first kappa shape index (κ1) is 40.0. The Morgan fingerprint density at radius 1 is 1.08 bits per heavy atom. The molecule has 16 nitrogen and oxygen atoms in total. The van der Waals surface area contributed by atoms with E-state index in [1.807, 2.05) is 5.32 Å². The Kier molecular flexibility index (Phi) is 13.2. The molecule has 280 valence electrons. The van der Waals surface area contributed by atoms with E-state index in [1.54, 1.807) is 9.36 Å². The molecular weight excluding hydrogens is 784 g/mol. The SMILES string of the molecule is COC(=O)CSc1cc(N=c2sc(=O)n3n2CCCC3)c(F)cc1Cl.COc1cc(OC)nc(NC(=O)NS(=O)(=O)c2ncccc2C(F)(F)F)n1. The van der Waals surface area contributed by atoms with Crippen molar-refractivity contribution in [1.29, 1.82) is 0 Å². The van der Waals surface area contributed by atoms with Crippen molar-refractivity contribution in [3.8, 4) is 11.8 Å². The molecule has 0 spiro atoms. The molecule has 1 aliphatic rings. The molecular formula is C28H27ClF4N8O8S3. The molecule has 4 aromatic rings. The number of fused-ring (bicyclic) bond motifs is 1. The lowest BCUT2D eigenvalue weighted by Gasteiger charge is -2.15. The molecule has 4 heterocycles. The lowest BCUT2D eigenvalue weighted by molar-refractivity contribution is -0.140. The number of hydrogen-bond acceptors (Lipinski definition) is 14. The van der Waals surface area contributed by atoms with Crippen LogP contribution in [0.2, 0.25) is 5.02 Å². The Hall–Kier alpha value is -4.74. The van der Waals surface area contributed by atoms with Crippen molar-refractivity contribution in [2.45, 2.75) is 42.0 Å². The first-order valence-electron chi connectivity index (χ1n) is 14.4. The molecule has 3 aromatic heterocycles. The van der Waals surface area contributed by atoms with Gasteiger partial charge in [-0.05, 0) is 48.4 Å². The van der Waals surface area contributed by atoms with E-state index in [9.17, 15) is 40.4 Å². The molecule has 1 aromatic carbocycles. The fraction of sp³-hybridized carbons (Fsp3) is 0.321. The first-order chi connectivity index (χ1) is 24.6. The highest BCUT2D eigenvalue weighted by Gasteiger charge is 2.38. The van der Waals surface area contributed by atoms with E-state index in [1.165, 1.54) is 38.2 Å². The van der Waals surface area contributed by atoms with Gasteiger partial charge in [0.25, 0.3) is 10.0 Å². The van der Waals surface area contributed by atoms with Gasteiger partial charge in [-0.3, -0.25) is 19.6 Å². The van der Waals surface area contributed by atoms with E-state index in [0.29, 0.717) is 28.9 Å². The number of sulfonamides is 1. The third kappa shape index (κ3) is 10.2. The summed E-state index contributed by atoms with van der Waals surface area (Å²) in [5.74, 6) is -1.35. The van der Waals surface area contributed by atoms with Gasteiger partial charge in [0.05, 0.1) is 43.7 Å². The van der Waals surface area contributed by atoms with Crippen LogP contribution in [-0.4, -0.2) is 71.8 Å². The summed E-state index contributed by atoms with van der Waals surface area (Å²) in [4.78, 5) is 51.0. The Labute approximate surface area is 304 Å². The maximum Gasteiger partial charge on any atom is 0.419 e. The third-order valence-electron chi connectivity index (χ3n) is 6.56. The van der Waals surface area contributed by atoms with Crippen LogP contribution in [0.3, 0.4) is 0 Å². The van der Waals surface area contributed by atoms with Gasteiger partial charge < -0.3 is 14.2 Å². The summed E-state index contributed by atoms with van der Waals surface area (Å²) in [5, 5.41) is 0.804. The van der Waals surface area contributed by atoms with Gasteiger partial charge in [-0.2, -0.15) is 31.6 Å². The molecule has 0 aliphatic carbocycles. The van der Waals surface area contributed by atoms with Gasteiger partial charge >= 0.3 is 23.0 Å². The van der Waals surface area contributed by atoms with Crippen LogP contribution in [0.15, 0.2) is 56.2 Å². The summed E-state index contributed by atoms with van der Waals surface area (Å²) in [6.07, 6.45) is -2.25. The number of nitrogens with one attached hydrogen (secondary N) is 2. The largest absolute Gasteiger partial charge is 0.481 e. The van der Waals surface area contributed by atoms with E-state index in [-0.39, 0.29) is 33.1 Å². The number of ether oxygens (including phenoxy) is 3. The minimum absolute atomic E-state index is 0.0101. The minimum atomic E-state index is -4.99. The van der Waals surface area contributed by atoms with Crippen LogP contribution in [-0.2, 0) is 38.8 Å². The number of pyridine rings is 1. The van der Waals surface area contributed by atoms with Crippen molar-refractivity contribution in [2.24, 2.45) is 4.99 Å². The smallest absolute Gasteiger partial charge is 0.419 e. The average Bonchev–Trinajstić information content (AvgIpc) is 3.42. The Morgan fingerprint density at radius 3 is 2.35 bits per heavy atom. The van der Waals surface area contributed by atoms with Gasteiger partial charge in [0.1, 0.15) is 11.5 Å². The van der Waals surface area contributed by atoms with Crippen molar-refractivity contribution in [2.75, 3.05) is 32.4 Å². The van der Waals surface area contributed by atoms with E-state index in [2.05, 4.69) is 24.7 Å². The second kappa shape index (κ2) is 17.2. The summed E-state index contributed by atoms with van der Waals surface area (Å²) in [6, 6.07) is 3.95. The van der Waals surface area contributed by atoms with Crippen LogP contribution in [0, 0.1) is 5.82 Å². The summed E-state index contributed by atoms with van der Waals surface area (Å²) in [7, 11) is -1.09. The molecule has 0 bridgehead atoms. The predicted molar refractivity (Wildman–Crippen MR) is 179 cm³/mol. The highest BCUT2D eigenvalue weighted by atomic mass is 35.5. The van der Waals surface area contributed by atoms with Crippen molar-refractivity contribution in [1.82, 2.24) is 29.0 Å². The van der Waals surface area contributed by atoms with E-state index >= 15 is 0 Å². The van der Waals surface area contributed by atoms with Crippen molar-refractivity contribution in [3.63, 3.8) is 0 Å². The molecule has 0 atom stereocenters. The lowest BCUT2D eigenvalue weighted by Crippen LogP contribution is -2.36. The van der Waals surface area contributed by atoms with Gasteiger partial charge in [0.15, 0.2) is 5.03 Å². The number of urea groups is 1. The number of rotatable bonds is 9. The number of hydrogen-bond donors (Lipinski definition) is 2. The van der Waals surface area contributed by atoms with Crippen molar-refractivity contribution in [3.05, 3.63) is 67.4 Å². The van der Waals surface area contributed by atoms with E-state index in [4.69, 9.17) is 21.1 Å². The fourth-order valence-corrected chi connectivity index (χ4v) is 7.27. The van der Waals surface area contributed by atoms with Gasteiger partial charge in [-0.15, -0.1) is 11.8 Å². The zero-order valence-electron chi connectivity index (χ0n) is 27.1. The molecule has 52 heavy (non-hydrogen) atoms. The van der Waals surface area contributed by atoms with Crippen molar-refractivity contribution >= 4 is 68.4 Å². The summed E-state index contributed by atoms with van der Waals surface area (Å²) >= 11 is 8.17. The van der Waals surface area contributed by atoms with Crippen LogP contribution >= 0.6 is 34.7 Å². The maximum atomic E-state index is 14.3. The Balaban J connectivity index is 0.000000233. The molecule has 0 unspecified atom stereocenters. The maximum absolute atomic E-state index is 14.3. The van der Waals surface area contributed by atoms with Crippen molar-refractivity contribution < 1.29 is 49.8 Å². The van der Waals surface area contributed by atoms with Gasteiger partial charge in [0, 0.05) is 24.2 Å². The Bertz CT molecular complexity index is 2170. The summed E-state index contributed by atoms with van der Waals surface area (Å²) in [5.41, 5.74) is -1.44. The topological polar surface area (TPSA) is 198 Å². The molecule has 24 heteroatoms. The number of anilines is 1. The van der Waals surface area contributed by atoms with Gasteiger partial charge in [-0.1, -0.05) is 11.6 Å². The third-order valence-corrected chi connectivity index (χ3v) is 10.2. The van der Waals surface area contributed by atoms with E-state index < -0.39 is 50.6 Å². The van der Waals surface area contributed by atoms with E-state index in [0.717, 1.165) is 54.3 Å². The normalized spacial score (nSPS) is 13.0. The monoisotopic (exact) mass is 810 g/mol. The number of benzene rings is 1. The van der Waals surface area contributed by atoms with Crippen LogP contribution < -0.4 is 29.2 Å². The first-order valence-corrected chi connectivity index (χ1v) is 18.1. The number of esters is 1. The average molecular weight is 811 g/mol. The van der Waals surface area contributed by atoms with Gasteiger partial charge in [0.2, 0.25) is 22.5 Å². The number of carbonyl (C=O) groups excluding carboxylic acids is 2. The van der Waals surface area contributed by atoms with Crippen LogP contribution in [0.25, 0.3) is 0 Å². The molecule has 0 saturated carbocycles. The second-order valence-corrected chi connectivity index (χ2v) is 13.9. The standard InChI is InChI=1S/C15H15ClFN3O3S2.C13H12F3N5O5S/c1-23-13(21)8-24-12-7-11(10(17)6-9(12)16)18-14-19-4-2-3-5-20(19)15(22)25-14;1-25-8-6-9(26-2)19-11(18-8)20-12(22)21-27(23,24)10-7(13(14,15)16)4-3-5-17-10/h6-7H,2-5,8H2,1H3;3-6H,1-2H3,(H2,18,19,20,21,22). The number of methoxy groups -OCH3 is 3. The molecule has 0 saturated heterocycles. The number of aromatic nitrogens is 5. The van der Waals surface area contributed by atoms with Gasteiger partial charge in [-0.25, -0.2) is 28.6 Å². The zero-order valence-corrected chi connectivity index (χ0v) is 30.3. The molecule has 2 amide bonds. The summed E-state index contributed by atoms with van der Waals surface area (Å²) < 4.78 is 96.4. The number of amides is 2. The molecule has 2 N–H and O–H groups in total. The number of thioether (sulfide) groups is 1. The summed E-state index contributed by atoms with van der Waals surface area (Å²) in [6.45, 7) is 1.32. The number of alkyl halides is 3. The quantitative estimate of drug-likeness (QED) is 0.139. The molecule has 0 fully saturated rings. The fourth-order valence-electron chi connectivity index (χ4n) is 4.22. The second-order valence-electron chi connectivity index (χ2n) is 10.0. The van der Waals surface area contributed by atoms with Crippen LogP contribution in [0.1, 0.15) is 18.4 Å². The lowest BCUT2D eigenvalue weighted by atomic mass is 10.3. The number of nitrogens with zero attached hydrogens (tertiary/aromatic N) is 6. The van der Waals surface area contributed by atoms with Crippen LogP contribution in [0.4, 0.5) is 34.0 Å². The molecule has 5 rings (SSSR count). The minimum Gasteiger partial charge on any atom is -0.481 e. The highest BCUT2D eigenvalue weighted by Crippen LogP contribution is 2.34.